The summed E-state index contributed by atoms with van der Waals surface area (Å²) in [6.07, 6.45) is 11.5. The van der Waals surface area contributed by atoms with E-state index in [4.69, 9.17) is 4.74 Å². The molecule has 0 N–H and O–H groups in total. The standard InChI is InChI=1S/C22H27NO3/c24-20-16-19(22(26-20)13-5-2-6-14-22)21(25)23(18-11-12-18)15-7-10-17-8-3-1-4-9-17/h1,3-4,7-10,18-19H,2,5-6,11-16H2. The summed E-state index contributed by atoms with van der Waals surface area (Å²) in [6.45, 7) is 0.610. The number of esters is 1. The number of hydrogen-bond donors (Lipinski definition) is 0. The van der Waals surface area contributed by atoms with Crippen LogP contribution in [0.25, 0.3) is 6.08 Å². The van der Waals surface area contributed by atoms with Crippen molar-refractivity contribution in [3.63, 3.8) is 0 Å². The average Bonchev–Trinajstić information content (AvgIpc) is 3.44. The molecule has 0 radical (unpaired) electrons. The van der Waals surface area contributed by atoms with Gasteiger partial charge in [-0.1, -0.05) is 48.9 Å². The molecule has 1 aromatic carbocycles. The molecule has 1 amide bonds. The summed E-state index contributed by atoms with van der Waals surface area (Å²) in [7, 11) is 0. The maximum atomic E-state index is 13.3. The van der Waals surface area contributed by atoms with Crippen molar-refractivity contribution in [2.24, 2.45) is 5.92 Å². The Balaban J connectivity index is 1.48. The van der Waals surface area contributed by atoms with Crippen LogP contribution in [0.1, 0.15) is 56.9 Å². The van der Waals surface area contributed by atoms with E-state index in [-0.39, 0.29) is 24.2 Å². The third-order valence-electron chi connectivity index (χ3n) is 6.00. The predicted octanol–water partition coefficient (Wildman–Crippen LogP) is 3.96. The van der Waals surface area contributed by atoms with Crippen molar-refractivity contribution in [1.82, 2.24) is 4.90 Å². The van der Waals surface area contributed by atoms with Crippen molar-refractivity contribution in [1.29, 1.82) is 0 Å². The smallest absolute Gasteiger partial charge is 0.307 e. The lowest BCUT2D eigenvalue weighted by Crippen LogP contribution is -2.48. The van der Waals surface area contributed by atoms with Crippen LogP contribution in [0.5, 0.6) is 0 Å². The third-order valence-corrected chi connectivity index (χ3v) is 6.00. The molecule has 2 aliphatic carbocycles. The molecule has 3 aliphatic rings. The first kappa shape index (κ1) is 17.3. The SMILES string of the molecule is O=C1CC(C(=O)N(CC=Cc2ccccc2)C2CC2)C2(CCCCC2)O1. The third kappa shape index (κ3) is 3.55. The van der Waals surface area contributed by atoms with Gasteiger partial charge in [0.2, 0.25) is 5.91 Å². The summed E-state index contributed by atoms with van der Waals surface area (Å²) < 4.78 is 5.74. The minimum atomic E-state index is -0.525. The Bertz CT molecular complexity index is 687. The van der Waals surface area contributed by atoms with Crippen LogP contribution in [0.3, 0.4) is 0 Å². The Kier molecular flexibility index (Phi) is 4.84. The van der Waals surface area contributed by atoms with E-state index in [0.717, 1.165) is 44.1 Å². The molecule has 1 unspecified atom stereocenters. The van der Waals surface area contributed by atoms with Crippen molar-refractivity contribution in [2.45, 2.75) is 63.0 Å². The molecule has 1 aliphatic heterocycles. The molecular weight excluding hydrogens is 326 g/mol. The van der Waals surface area contributed by atoms with Crippen LogP contribution in [0.15, 0.2) is 36.4 Å². The summed E-state index contributed by atoms with van der Waals surface area (Å²) >= 11 is 0. The van der Waals surface area contributed by atoms with Gasteiger partial charge in [0.25, 0.3) is 0 Å². The van der Waals surface area contributed by atoms with Crippen LogP contribution in [-0.4, -0.2) is 35.0 Å². The van der Waals surface area contributed by atoms with Crippen LogP contribution >= 0.6 is 0 Å². The molecule has 4 heteroatoms. The van der Waals surface area contributed by atoms with Gasteiger partial charge < -0.3 is 9.64 Å². The highest BCUT2D eigenvalue weighted by atomic mass is 16.6. The largest absolute Gasteiger partial charge is 0.458 e. The molecule has 1 spiro atoms. The zero-order valence-electron chi connectivity index (χ0n) is 15.2. The van der Waals surface area contributed by atoms with Crippen molar-refractivity contribution in [2.75, 3.05) is 6.54 Å². The summed E-state index contributed by atoms with van der Waals surface area (Å²) in [5, 5.41) is 0. The van der Waals surface area contributed by atoms with E-state index >= 15 is 0 Å². The molecule has 138 valence electrons. The van der Waals surface area contributed by atoms with Crippen LogP contribution in [0.4, 0.5) is 0 Å². The van der Waals surface area contributed by atoms with Crippen molar-refractivity contribution >= 4 is 18.0 Å². The summed E-state index contributed by atoms with van der Waals surface area (Å²) in [6, 6.07) is 10.5. The van der Waals surface area contributed by atoms with Crippen molar-refractivity contribution in [3.8, 4) is 0 Å². The fraction of sp³-hybridized carbons (Fsp3) is 0.545. The summed E-state index contributed by atoms with van der Waals surface area (Å²) in [4.78, 5) is 27.4. The maximum absolute atomic E-state index is 13.3. The molecule has 1 heterocycles. The van der Waals surface area contributed by atoms with Crippen LogP contribution in [-0.2, 0) is 14.3 Å². The van der Waals surface area contributed by atoms with E-state index in [9.17, 15) is 9.59 Å². The Morgan fingerprint density at radius 3 is 2.58 bits per heavy atom. The van der Waals surface area contributed by atoms with Gasteiger partial charge in [0.1, 0.15) is 5.60 Å². The molecule has 1 atom stereocenters. The topological polar surface area (TPSA) is 46.6 Å². The first-order valence-electron chi connectivity index (χ1n) is 9.92. The molecule has 26 heavy (non-hydrogen) atoms. The van der Waals surface area contributed by atoms with Gasteiger partial charge in [-0.3, -0.25) is 9.59 Å². The number of rotatable bonds is 5. The zero-order valence-corrected chi connectivity index (χ0v) is 15.2. The van der Waals surface area contributed by atoms with Gasteiger partial charge in [0.05, 0.1) is 12.3 Å². The molecule has 4 nitrogen and oxygen atoms in total. The lowest BCUT2D eigenvalue weighted by molar-refractivity contribution is -0.155. The van der Waals surface area contributed by atoms with Gasteiger partial charge in [-0.2, -0.15) is 0 Å². The fourth-order valence-corrected chi connectivity index (χ4v) is 4.48. The number of nitrogens with zero attached hydrogens (tertiary/aromatic N) is 1. The normalized spacial score (nSPS) is 24.8. The van der Waals surface area contributed by atoms with Crippen LogP contribution in [0, 0.1) is 5.92 Å². The number of benzene rings is 1. The quantitative estimate of drug-likeness (QED) is 0.753. The van der Waals surface area contributed by atoms with Gasteiger partial charge in [-0.05, 0) is 44.1 Å². The zero-order chi connectivity index (χ0) is 18.0. The number of ether oxygens (including phenoxy) is 1. The molecule has 1 aromatic rings. The van der Waals surface area contributed by atoms with Crippen molar-refractivity contribution < 1.29 is 14.3 Å². The second-order valence-corrected chi connectivity index (χ2v) is 7.89. The van der Waals surface area contributed by atoms with Gasteiger partial charge >= 0.3 is 5.97 Å². The highest BCUT2D eigenvalue weighted by Gasteiger charge is 2.54. The van der Waals surface area contributed by atoms with Gasteiger partial charge in [-0.25, -0.2) is 0 Å². The number of carbonyl (C=O) groups is 2. The fourth-order valence-electron chi connectivity index (χ4n) is 4.48. The molecule has 0 bridgehead atoms. The average molecular weight is 353 g/mol. The van der Waals surface area contributed by atoms with Crippen LogP contribution < -0.4 is 0 Å². The first-order chi connectivity index (χ1) is 12.7. The molecule has 4 rings (SSSR count). The predicted molar refractivity (Wildman–Crippen MR) is 100 cm³/mol. The van der Waals surface area contributed by atoms with E-state index < -0.39 is 5.60 Å². The maximum Gasteiger partial charge on any atom is 0.307 e. The van der Waals surface area contributed by atoms with Gasteiger partial charge in [-0.15, -0.1) is 0 Å². The second kappa shape index (κ2) is 7.26. The van der Waals surface area contributed by atoms with Gasteiger partial charge in [0, 0.05) is 12.6 Å². The highest BCUT2D eigenvalue weighted by Crippen LogP contribution is 2.45. The molecule has 1 saturated heterocycles. The van der Waals surface area contributed by atoms with Gasteiger partial charge in [0.15, 0.2) is 0 Å². The molecule has 0 aromatic heterocycles. The number of carbonyl (C=O) groups excluding carboxylic acids is 2. The summed E-state index contributed by atoms with van der Waals surface area (Å²) in [5.74, 6) is -0.361. The minimum absolute atomic E-state index is 0.123. The monoisotopic (exact) mass is 353 g/mol. The highest BCUT2D eigenvalue weighted by molar-refractivity contribution is 5.88. The Morgan fingerprint density at radius 2 is 1.88 bits per heavy atom. The van der Waals surface area contributed by atoms with Crippen molar-refractivity contribution in [3.05, 3.63) is 42.0 Å². The van der Waals surface area contributed by atoms with E-state index in [1.165, 1.54) is 6.42 Å². The Morgan fingerprint density at radius 1 is 1.15 bits per heavy atom. The minimum Gasteiger partial charge on any atom is -0.458 e. The molecular formula is C22H27NO3. The summed E-state index contributed by atoms with van der Waals surface area (Å²) in [5.41, 5.74) is 0.613. The van der Waals surface area contributed by atoms with E-state index in [2.05, 4.69) is 24.3 Å². The first-order valence-corrected chi connectivity index (χ1v) is 9.92. The Hall–Kier alpha value is -2.10. The number of hydrogen-bond acceptors (Lipinski definition) is 3. The Labute approximate surface area is 155 Å². The van der Waals surface area contributed by atoms with E-state index in [1.54, 1.807) is 0 Å². The lowest BCUT2D eigenvalue weighted by atomic mass is 9.75. The molecule has 2 saturated carbocycles. The molecule has 3 fully saturated rings. The lowest BCUT2D eigenvalue weighted by Gasteiger charge is -2.38. The van der Waals surface area contributed by atoms with E-state index in [1.807, 2.05) is 23.1 Å². The second-order valence-electron chi connectivity index (χ2n) is 7.89. The number of amides is 1. The van der Waals surface area contributed by atoms with Crippen LogP contribution in [0.2, 0.25) is 0 Å². The van der Waals surface area contributed by atoms with E-state index in [0.29, 0.717) is 12.6 Å².